The van der Waals surface area contributed by atoms with E-state index in [0.717, 1.165) is 30.2 Å². The van der Waals surface area contributed by atoms with Gasteiger partial charge in [-0.25, -0.2) is 4.98 Å². The second-order valence-corrected chi connectivity index (χ2v) is 4.91. The molecule has 21 heavy (non-hydrogen) atoms. The number of nitrogens with one attached hydrogen (secondary N) is 1. The van der Waals surface area contributed by atoms with E-state index in [1.165, 1.54) is 5.56 Å². The zero-order valence-electron chi connectivity index (χ0n) is 12.1. The molecule has 0 fully saturated rings. The molecule has 0 amide bonds. The molecule has 1 aromatic carbocycles. The molecule has 0 aliphatic carbocycles. The van der Waals surface area contributed by atoms with Gasteiger partial charge >= 0.3 is 0 Å². The van der Waals surface area contributed by atoms with Gasteiger partial charge in [0, 0.05) is 18.9 Å². The van der Waals surface area contributed by atoms with Crippen molar-refractivity contribution in [2.75, 3.05) is 6.54 Å². The normalized spacial score (nSPS) is 10.9. The minimum absolute atomic E-state index is 0.480. The summed E-state index contributed by atoms with van der Waals surface area (Å²) in [6.07, 6.45) is 3.98. The number of nitrogens with zero attached hydrogens (tertiary/aromatic N) is 2. The number of pyridine rings is 1. The first kappa shape index (κ1) is 13.6. The van der Waals surface area contributed by atoms with E-state index in [1.807, 2.05) is 47.1 Å². The van der Waals surface area contributed by atoms with Gasteiger partial charge in [-0.1, -0.05) is 25.1 Å². The molecular formula is C17H19N3O. The van der Waals surface area contributed by atoms with E-state index < -0.39 is 0 Å². The monoisotopic (exact) mass is 281 g/mol. The molecule has 2 aromatic heterocycles. The van der Waals surface area contributed by atoms with Crippen molar-refractivity contribution in [1.29, 1.82) is 0 Å². The first-order chi connectivity index (χ1) is 10.3. The Morgan fingerprint density at radius 3 is 2.76 bits per heavy atom. The molecule has 108 valence electrons. The Kier molecular flexibility index (Phi) is 4.17. The highest BCUT2D eigenvalue weighted by Crippen LogP contribution is 2.14. The van der Waals surface area contributed by atoms with Crippen LogP contribution in [0.5, 0.6) is 5.75 Å². The van der Waals surface area contributed by atoms with E-state index in [1.54, 1.807) is 0 Å². The third-order valence-electron chi connectivity index (χ3n) is 3.30. The molecule has 0 spiro atoms. The number of hydrogen-bond acceptors (Lipinski definition) is 3. The molecular weight excluding hydrogens is 262 g/mol. The molecule has 2 heterocycles. The van der Waals surface area contributed by atoms with Gasteiger partial charge in [-0.2, -0.15) is 0 Å². The highest BCUT2D eigenvalue weighted by atomic mass is 16.5. The predicted octanol–water partition coefficient (Wildman–Crippen LogP) is 3.02. The lowest BCUT2D eigenvalue weighted by molar-refractivity contribution is 0.302. The van der Waals surface area contributed by atoms with Crippen molar-refractivity contribution in [2.24, 2.45) is 0 Å². The van der Waals surface area contributed by atoms with Crippen molar-refractivity contribution in [3.63, 3.8) is 0 Å². The van der Waals surface area contributed by atoms with E-state index in [0.29, 0.717) is 6.61 Å². The van der Waals surface area contributed by atoms with Gasteiger partial charge in [-0.3, -0.25) is 0 Å². The topological polar surface area (TPSA) is 38.6 Å². The zero-order chi connectivity index (χ0) is 14.5. The summed E-state index contributed by atoms with van der Waals surface area (Å²) < 4.78 is 7.78. The summed E-state index contributed by atoms with van der Waals surface area (Å²) in [4.78, 5) is 4.51. The van der Waals surface area contributed by atoms with E-state index in [9.17, 15) is 0 Å². The first-order valence-electron chi connectivity index (χ1n) is 7.20. The van der Waals surface area contributed by atoms with Gasteiger partial charge in [-0.15, -0.1) is 0 Å². The van der Waals surface area contributed by atoms with Gasteiger partial charge in [0.1, 0.15) is 18.0 Å². The van der Waals surface area contributed by atoms with Crippen LogP contribution >= 0.6 is 0 Å². The SMILES string of the molecule is CCNCc1ccc(OCc2cn3ccccc3n2)cc1. The predicted molar refractivity (Wildman–Crippen MR) is 83.3 cm³/mol. The fourth-order valence-electron chi connectivity index (χ4n) is 2.19. The largest absolute Gasteiger partial charge is 0.487 e. The van der Waals surface area contributed by atoms with Crippen molar-refractivity contribution in [1.82, 2.24) is 14.7 Å². The number of ether oxygens (including phenoxy) is 1. The van der Waals surface area contributed by atoms with Crippen LogP contribution in [0.15, 0.2) is 54.9 Å². The van der Waals surface area contributed by atoms with E-state index >= 15 is 0 Å². The molecule has 4 heteroatoms. The number of benzene rings is 1. The van der Waals surface area contributed by atoms with Gasteiger partial charge < -0.3 is 14.5 Å². The maximum Gasteiger partial charge on any atom is 0.137 e. The third kappa shape index (κ3) is 3.41. The van der Waals surface area contributed by atoms with Gasteiger partial charge in [0.05, 0.1) is 5.69 Å². The lowest BCUT2D eigenvalue weighted by Crippen LogP contribution is -2.11. The van der Waals surface area contributed by atoms with Crippen LogP contribution in [0.4, 0.5) is 0 Å². The minimum Gasteiger partial charge on any atom is -0.487 e. The first-order valence-corrected chi connectivity index (χ1v) is 7.20. The molecule has 0 radical (unpaired) electrons. The summed E-state index contributed by atoms with van der Waals surface area (Å²) in [5.41, 5.74) is 3.13. The lowest BCUT2D eigenvalue weighted by atomic mass is 10.2. The molecule has 0 unspecified atom stereocenters. The summed E-state index contributed by atoms with van der Waals surface area (Å²) in [6.45, 7) is 4.45. The fraction of sp³-hybridized carbons (Fsp3) is 0.235. The lowest BCUT2D eigenvalue weighted by Gasteiger charge is -2.06. The molecule has 0 saturated carbocycles. The molecule has 0 bridgehead atoms. The Balaban J connectivity index is 1.61. The average Bonchev–Trinajstić information content (AvgIpc) is 2.95. The fourth-order valence-corrected chi connectivity index (χ4v) is 2.19. The summed E-state index contributed by atoms with van der Waals surface area (Å²) in [5.74, 6) is 0.868. The van der Waals surface area contributed by atoms with Crippen LogP contribution in [-0.4, -0.2) is 15.9 Å². The van der Waals surface area contributed by atoms with Gasteiger partial charge in [0.2, 0.25) is 0 Å². The van der Waals surface area contributed by atoms with Crippen LogP contribution in [-0.2, 0) is 13.2 Å². The summed E-state index contributed by atoms with van der Waals surface area (Å²) >= 11 is 0. The maximum atomic E-state index is 5.78. The van der Waals surface area contributed by atoms with E-state index in [2.05, 4.69) is 29.4 Å². The van der Waals surface area contributed by atoms with Gasteiger partial charge in [0.25, 0.3) is 0 Å². The van der Waals surface area contributed by atoms with Crippen LogP contribution in [0.3, 0.4) is 0 Å². The molecule has 3 rings (SSSR count). The third-order valence-corrected chi connectivity index (χ3v) is 3.30. The molecule has 0 saturated heterocycles. The highest BCUT2D eigenvalue weighted by Gasteiger charge is 2.02. The van der Waals surface area contributed by atoms with Crippen molar-refractivity contribution < 1.29 is 4.74 Å². The van der Waals surface area contributed by atoms with Crippen molar-refractivity contribution in [2.45, 2.75) is 20.1 Å². The Morgan fingerprint density at radius 2 is 2.00 bits per heavy atom. The molecule has 1 N–H and O–H groups in total. The number of fused-ring (bicyclic) bond motifs is 1. The quantitative estimate of drug-likeness (QED) is 0.755. The number of imidazole rings is 1. The smallest absolute Gasteiger partial charge is 0.137 e. The van der Waals surface area contributed by atoms with Crippen molar-refractivity contribution in [3.8, 4) is 5.75 Å². The van der Waals surface area contributed by atoms with Crippen molar-refractivity contribution >= 4 is 5.65 Å². The Labute approximate surface area is 124 Å². The molecule has 4 nitrogen and oxygen atoms in total. The Hall–Kier alpha value is -2.33. The van der Waals surface area contributed by atoms with Crippen LogP contribution in [0, 0.1) is 0 Å². The van der Waals surface area contributed by atoms with Gasteiger partial charge in [0.15, 0.2) is 0 Å². The molecule has 0 aliphatic heterocycles. The summed E-state index contributed by atoms with van der Waals surface area (Å²) in [5, 5.41) is 3.30. The number of rotatable bonds is 6. The number of aromatic nitrogens is 2. The Bertz CT molecular complexity index is 670. The minimum atomic E-state index is 0.480. The number of hydrogen-bond donors (Lipinski definition) is 1. The van der Waals surface area contributed by atoms with Gasteiger partial charge in [-0.05, 0) is 36.4 Å². The summed E-state index contributed by atoms with van der Waals surface area (Å²) in [6, 6.07) is 14.1. The maximum absolute atomic E-state index is 5.78. The average molecular weight is 281 g/mol. The van der Waals surface area contributed by atoms with Crippen LogP contribution < -0.4 is 10.1 Å². The van der Waals surface area contributed by atoms with Crippen LogP contribution in [0.2, 0.25) is 0 Å². The zero-order valence-corrected chi connectivity index (χ0v) is 12.1. The second kappa shape index (κ2) is 6.41. The molecule has 0 aliphatic rings. The second-order valence-electron chi connectivity index (χ2n) is 4.91. The van der Waals surface area contributed by atoms with Crippen molar-refractivity contribution in [3.05, 3.63) is 66.1 Å². The van der Waals surface area contributed by atoms with E-state index in [4.69, 9.17) is 4.74 Å². The van der Waals surface area contributed by atoms with E-state index in [-0.39, 0.29) is 0 Å². The van der Waals surface area contributed by atoms with Crippen LogP contribution in [0.1, 0.15) is 18.2 Å². The molecule has 0 atom stereocenters. The highest BCUT2D eigenvalue weighted by molar-refractivity contribution is 5.39. The Morgan fingerprint density at radius 1 is 1.14 bits per heavy atom. The summed E-state index contributed by atoms with van der Waals surface area (Å²) in [7, 11) is 0. The van der Waals surface area contributed by atoms with Crippen LogP contribution in [0.25, 0.3) is 5.65 Å². The standard InChI is InChI=1S/C17H19N3O/c1-2-18-11-14-6-8-16(9-7-14)21-13-15-12-20-10-4-3-5-17(20)19-15/h3-10,12,18H,2,11,13H2,1H3. The molecule has 3 aromatic rings.